The molecular weight excluding hydrogens is 987 g/mol. The van der Waals surface area contributed by atoms with Gasteiger partial charge in [0.25, 0.3) is 11.6 Å². The van der Waals surface area contributed by atoms with Crippen molar-refractivity contribution in [3.05, 3.63) is 0 Å². The molecule has 14 atom stereocenters. The van der Waals surface area contributed by atoms with Crippen molar-refractivity contribution in [1.82, 2.24) is 0 Å². The van der Waals surface area contributed by atoms with E-state index in [0.717, 1.165) is 12.8 Å². The Morgan fingerprint density at radius 2 is 1.31 bits per heavy atom. The van der Waals surface area contributed by atoms with Crippen LogP contribution in [-0.2, 0) is 100 Å². The second-order valence-electron chi connectivity index (χ2n) is 23.7. The number of hydrogen-bond acceptors (Lipinski definition) is 22. The Morgan fingerprint density at radius 3 is 1.91 bits per heavy atom. The second-order valence-corrected chi connectivity index (χ2v) is 23.7. The normalized spacial score (nSPS) is 34.6. The number of hydrogen-bond donors (Lipinski definition) is 0. The van der Waals surface area contributed by atoms with Crippen LogP contribution in [-0.4, -0.2) is 122 Å². The smallest absolute Gasteiger partial charge is 0.350 e. The van der Waals surface area contributed by atoms with Gasteiger partial charge in [0.05, 0.1) is 66.1 Å². The molecule has 9 rings (SSSR count). The van der Waals surface area contributed by atoms with Crippen LogP contribution in [0.4, 0.5) is 0 Å². The molecule has 0 amide bonds. The van der Waals surface area contributed by atoms with E-state index in [0.29, 0.717) is 44.4 Å². The maximum Gasteiger partial charge on any atom is 0.350 e. The molecule has 0 aromatic heterocycles. The summed E-state index contributed by atoms with van der Waals surface area (Å²) in [6.45, 7) is 18.5. The Hall–Kier alpha value is -5.85. The first-order valence-corrected chi connectivity index (χ1v) is 25.9. The summed E-state index contributed by atoms with van der Waals surface area (Å²) >= 11 is 0. The van der Waals surface area contributed by atoms with Crippen molar-refractivity contribution in [2.75, 3.05) is 20.3 Å². The van der Waals surface area contributed by atoms with E-state index >= 15 is 0 Å². The van der Waals surface area contributed by atoms with E-state index in [4.69, 9.17) is 52.1 Å². The van der Waals surface area contributed by atoms with Gasteiger partial charge in [-0.25, -0.2) is 9.59 Å². The van der Waals surface area contributed by atoms with E-state index in [9.17, 15) is 53.2 Å². The first-order valence-electron chi connectivity index (χ1n) is 25.9. The summed E-state index contributed by atoms with van der Waals surface area (Å²) in [6.07, 6.45) is 2.50. The van der Waals surface area contributed by atoms with Gasteiger partial charge in [-0.15, -0.1) is 0 Å². The lowest BCUT2D eigenvalue weighted by atomic mass is 9.74. The molecule has 5 heterocycles. The number of fused-ring (bicyclic) bond motifs is 3. The summed E-state index contributed by atoms with van der Waals surface area (Å²) in [7, 11) is 1.23. The Bertz CT molecular complexity index is 2420. The number of esters is 10. The summed E-state index contributed by atoms with van der Waals surface area (Å²) < 4.78 is 58.4. The molecule has 0 spiro atoms. The van der Waals surface area contributed by atoms with Gasteiger partial charge in [-0.1, -0.05) is 20.8 Å². The molecule has 6 bridgehead atoms. The third-order valence-corrected chi connectivity index (χ3v) is 17.3. The summed E-state index contributed by atoms with van der Waals surface area (Å²) in [5.41, 5.74) is -4.49. The molecule has 0 aromatic rings. The molecule has 0 aromatic carbocycles. The van der Waals surface area contributed by atoms with Crippen molar-refractivity contribution in [3.63, 3.8) is 0 Å². The topological polar surface area (TPSA) is 296 Å². The quantitative estimate of drug-likeness (QED) is 0.141. The highest BCUT2D eigenvalue weighted by atomic mass is 16.8. The monoisotopic (exact) mass is 1060 g/mol. The fourth-order valence-electron chi connectivity index (χ4n) is 11.6. The highest BCUT2D eigenvalue weighted by Gasteiger charge is 2.76. The molecule has 14 unspecified atom stereocenters. The molecule has 22 heteroatoms. The maximum absolute atomic E-state index is 12.6. The van der Waals surface area contributed by atoms with Crippen LogP contribution in [0.1, 0.15) is 140 Å². The summed E-state index contributed by atoms with van der Waals surface area (Å²) in [5, 5.41) is 9.42. The first-order chi connectivity index (χ1) is 34.9. The van der Waals surface area contributed by atoms with E-state index in [1.54, 1.807) is 41.5 Å². The second kappa shape index (κ2) is 20.3. The van der Waals surface area contributed by atoms with Gasteiger partial charge >= 0.3 is 59.7 Å². The molecule has 4 aliphatic carbocycles. The van der Waals surface area contributed by atoms with E-state index in [-0.39, 0.29) is 55.1 Å². The van der Waals surface area contributed by atoms with Crippen LogP contribution in [0.15, 0.2) is 0 Å². The average Bonchev–Trinajstić information content (AvgIpc) is 4.24. The maximum atomic E-state index is 12.6. The van der Waals surface area contributed by atoms with Crippen molar-refractivity contribution >= 4 is 59.7 Å². The van der Waals surface area contributed by atoms with Crippen molar-refractivity contribution < 1.29 is 100 Å². The van der Waals surface area contributed by atoms with Gasteiger partial charge in [-0.3, -0.25) is 38.4 Å². The molecule has 0 radical (unpaired) electrons. The zero-order valence-electron chi connectivity index (χ0n) is 44.9. The summed E-state index contributed by atoms with van der Waals surface area (Å²) in [4.78, 5) is 121. The first kappa shape index (κ1) is 56.9. The number of ether oxygens (including phenoxy) is 11. The minimum Gasteiger partial charge on any atom is -0.469 e. The van der Waals surface area contributed by atoms with Gasteiger partial charge in [0, 0.05) is 18.3 Å². The predicted molar refractivity (Wildman–Crippen MR) is 249 cm³/mol. The predicted octanol–water partition coefficient (Wildman–Crippen LogP) is 4.67. The van der Waals surface area contributed by atoms with Crippen LogP contribution in [0, 0.1) is 74.4 Å². The largest absolute Gasteiger partial charge is 0.469 e. The van der Waals surface area contributed by atoms with Crippen molar-refractivity contribution in [2.45, 2.75) is 182 Å². The van der Waals surface area contributed by atoms with Gasteiger partial charge in [0.2, 0.25) is 5.60 Å². The van der Waals surface area contributed by atoms with Crippen molar-refractivity contribution in [2.24, 2.45) is 63.1 Å². The van der Waals surface area contributed by atoms with Crippen molar-refractivity contribution in [3.8, 4) is 6.07 Å². The number of carbonyl (C=O) groups excluding carboxylic acids is 10. The summed E-state index contributed by atoms with van der Waals surface area (Å²) in [5.74, 6) is -9.52. The molecule has 22 nitrogen and oxygen atoms in total. The Balaban J connectivity index is 0.000000164. The van der Waals surface area contributed by atoms with E-state index < -0.39 is 129 Å². The SMILES string of the molecule is CCC(C)(C)C(=O)OC(C)(C)C(=O)OC1C2CC3C1OC(=O)C3(C#N)C2.CCC(C)(C)C(=O)OCC(=O)OC12CC3OC1C(C(=O)O2)C3C(=O)OC.CCC(C)(C)C(=O)OCCC(=O)OC12CC3CC(C(=O)O1)C2C3. The van der Waals surface area contributed by atoms with Gasteiger partial charge < -0.3 is 52.1 Å². The lowest BCUT2D eigenvalue weighted by Gasteiger charge is -2.32. The molecule has 414 valence electrons. The van der Waals surface area contributed by atoms with Gasteiger partial charge in [0.1, 0.15) is 30.8 Å². The zero-order valence-corrected chi connectivity index (χ0v) is 44.9. The van der Waals surface area contributed by atoms with Crippen LogP contribution in [0.25, 0.3) is 0 Å². The fraction of sp³-hybridized carbons (Fsp3) is 0.792. The molecule has 5 aliphatic heterocycles. The minimum atomic E-state index is -1.57. The molecule has 9 aliphatic rings. The van der Waals surface area contributed by atoms with Crippen LogP contribution in [0.5, 0.6) is 0 Å². The Labute approximate surface area is 435 Å². The Kier molecular flexibility index (Phi) is 15.4. The van der Waals surface area contributed by atoms with Crippen LogP contribution < -0.4 is 0 Å². The molecule has 9 fully saturated rings. The lowest BCUT2D eigenvalue weighted by molar-refractivity contribution is -0.225. The van der Waals surface area contributed by atoms with Gasteiger partial charge in [0.15, 0.2) is 12.0 Å². The van der Waals surface area contributed by atoms with E-state index in [1.165, 1.54) is 21.0 Å². The molecule has 0 N–H and O–H groups in total. The minimum absolute atomic E-state index is 0.00512. The van der Waals surface area contributed by atoms with E-state index in [1.807, 2.05) is 20.8 Å². The summed E-state index contributed by atoms with van der Waals surface area (Å²) in [6, 6.07) is 2.12. The number of nitrogens with zero attached hydrogens (tertiary/aromatic N) is 1. The number of nitriles is 1. The molecular formula is C53H71NO21. The van der Waals surface area contributed by atoms with Crippen LogP contribution in [0.3, 0.4) is 0 Å². The molecule has 75 heavy (non-hydrogen) atoms. The van der Waals surface area contributed by atoms with Gasteiger partial charge in [-0.05, 0) is 106 Å². The third-order valence-electron chi connectivity index (χ3n) is 17.3. The lowest BCUT2D eigenvalue weighted by Crippen LogP contribution is -2.47. The molecule has 4 saturated carbocycles. The molecule has 5 saturated heterocycles. The van der Waals surface area contributed by atoms with Crippen LogP contribution >= 0.6 is 0 Å². The number of methoxy groups -OCH3 is 1. The number of carbonyl (C=O) groups is 10. The fourth-order valence-corrected chi connectivity index (χ4v) is 11.6. The van der Waals surface area contributed by atoms with Crippen molar-refractivity contribution in [1.29, 1.82) is 5.26 Å². The van der Waals surface area contributed by atoms with Gasteiger partial charge in [-0.2, -0.15) is 5.26 Å². The Morgan fingerprint density at radius 1 is 0.707 bits per heavy atom. The average molecular weight is 1060 g/mol. The highest BCUT2D eigenvalue weighted by molar-refractivity contribution is 5.88. The third kappa shape index (κ3) is 10.2. The number of rotatable bonds is 17. The zero-order chi connectivity index (χ0) is 55.6. The van der Waals surface area contributed by atoms with Crippen LogP contribution in [0.2, 0.25) is 0 Å². The van der Waals surface area contributed by atoms with E-state index in [2.05, 4.69) is 6.07 Å². The standard InChI is InChI=1S/C19H25NO6.C17H22O9.C17H24O6/c1-6-17(2,3)14(21)26-18(4,5)15(22)24-12-10-7-11-13(12)25-16(23)19(11,8-10)9-20;1-5-16(2,3)15(21)23-7-9(18)25-17-6-8-10(13(19)22-4)11(12(17)24-8)14(20)26-17;1-4-16(2,3)15(20)21-6-5-13(18)22-17-9-10-7-11(12(17)8-10)14(19)23-17/h10-13H,6-8H2,1-5H3;8,10-12H,5-7H2,1-4H3;10-12H,4-9H2,1-3H3. The highest BCUT2D eigenvalue weighted by Crippen LogP contribution is 2.63.